The summed E-state index contributed by atoms with van der Waals surface area (Å²) in [5.41, 5.74) is 2.57. The summed E-state index contributed by atoms with van der Waals surface area (Å²) in [5.74, 6) is 1.05. The van der Waals surface area contributed by atoms with E-state index in [0.29, 0.717) is 0 Å². The van der Waals surface area contributed by atoms with E-state index in [9.17, 15) is 0 Å². The lowest BCUT2D eigenvalue weighted by Gasteiger charge is -2.18. The van der Waals surface area contributed by atoms with Gasteiger partial charge in [-0.3, -0.25) is 0 Å². The van der Waals surface area contributed by atoms with Crippen LogP contribution in [0.4, 0.5) is 0 Å². The summed E-state index contributed by atoms with van der Waals surface area (Å²) in [6.45, 7) is 8.13. The highest BCUT2D eigenvalue weighted by atomic mass is 15.4. The molecule has 0 saturated heterocycles. The minimum absolute atomic E-state index is 1.05. The molecule has 0 spiro atoms. The Morgan fingerprint density at radius 1 is 1.00 bits per heavy atom. The zero-order chi connectivity index (χ0) is 9.89. The maximum atomic E-state index is 6.00. The van der Waals surface area contributed by atoms with Crippen LogP contribution in [0.2, 0.25) is 0 Å². The first-order valence-corrected chi connectivity index (χ1v) is 3.59. The Hall–Kier alpha value is -1.50. The van der Waals surface area contributed by atoms with Gasteiger partial charge in [0.2, 0.25) is 0 Å². The van der Waals surface area contributed by atoms with Gasteiger partial charge in [-0.25, -0.2) is 0 Å². The molecule has 0 amide bonds. The molecule has 1 rings (SSSR count). The van der Waals surface area contributed by atoms with Crippen molar-refractivity contribution in [2.75, 3.05) is 14.1 Å². The monoisotopic (exact) mass is 166 g/mol. The van der Waals surface area contributed by atoms with Crippen molar-refractivity contribution in [3.05, 3.63) is 23.8 Å². The van der Waals surface area contributed by atoms with Crippen molar-refractivity contribution < 1.29 is 0 Å². The lowest BCUT2D eigenvalue weighted by Crippen LogP contribution is -2.16. The largest absolute Gasteiger partial charge is 0.334 e. The zero-order valence-electron chi connectivity index (χ0n) is 8.00. The first kappa shape index (κ1) is 10.5. The molecule has 1 heterocycles. The normalized spacial score (nSPS) is 16.3. The molecule has 0 N–H and O–H groups in total. The zero-order valence-corrected chi connectivity index (χ0v) is 8.00. The van der Waals surface area contributed by atoms with E-state index in [2.05, 4.69) is 30.2 Å². The Morgan fingerprint density at radius 3 is 1.33 bits per heavy atom. The summed E-state index contributed by atoms with van der Waals surface area (Å²) in [7, 11) is 4.06. The third-order valence-corrected chi connectivity index (χ3v) is 2.30. The SMILES string of the molecule is C=C1N(C)C(C)=C(C)N1C.N#N. The fourth-order valence-corrected chi connectivity index (χ4v) is 1.10. The number of nitrogens with zero attached hydrogens (tertiary/aromatic N) is 4. The molecule has 0 aliphatic carbocycles. The molecular weight excluding hydrogens is 152 g/mol. The van der Waals surface area contributed by atoms with Crippen LogP contribution in [0.15, 0.2) is 23.8 Å². The number of hydrogen-bond acceptors (Lipinski definition) is 4. The van der Waals surface area contributed by atoms with Gasteiger partial charge in [0.05, 0.1) is 0 Å². The molecule has 0 atom stereocenters. The lowest BCUT2D eigenvalue weighted by molar-refractivity contribution is 0.425. The van der Waals surface area contributed by atoms with E-state index in [1.54, 1.807) is 0 Å². The Kier molecular flexibility index (Phi) is 3.30. The molecule has 4 nitrogen and oxygen atoms in total. The quantitative estimate of drug-likeness (QED) is 0.513. The van der Waals surface area contributed by atoms with E-state index < -0.39 is 0 Å². The van der Waals surface area contributed by atoms with Gasteiger partial charge in [0.1, 0.15) is 5.82 Å². The van der Waals surface area contributed by atoms with Crippen LogP contribution in [0.3, 0.4) is 0 Å². The molecule has 1 aliphatic rings. The van der Waals surface area contributed by atoms with Crippen LogP contribution < -0.4 is 0 Å². The molecule has 0 aromatic rings. The number of rotatable bonds is 0. The Morgan fingerprint density at radius 2 is 1.25 bits per heavy atom. The van der Waals surface area contributed by atoms with Gasteiger partial charge in [-0.15, -0.1) is 0 Å². The topological polar surface area (TPSA) is 54.1 Å². The maximum absolute atomic E-state index is 6.00. The summed E-state index contributed by atoms with van der Waals surface area (Å²) >= 11 is 0. The molecule has 0 saturated carbocycles. The predicted octanol–water partition coefficient (Wildman–Crippen LogP) is 1.62. The van der Waals surface area contributed by atoms with Gasteiger partial charge in [-0.1, -0.05) is 6.58 Å². The highest BCUT2D eigenvalue weighted by Gasteiger charge is 2.20. The minimum Gasteiger partial charge on any atom is -0.334 e. The molecule has 1 aliphatic heterocycles. The van der Waals surface area contributed by atoms with E-state index in [0.717, 1.165) is 5.82 Å². The van der Waals surface area contributed by atoms with Gasteiger partial charge in [0.25, 0.3) is 0 Å². The number of allylic oxidation sites excluding steroid dienone is 2. The third-order valence-electron chi connectivity index (χ3n) is 2.30. The van der Waals surface area contributed by atoms with Crippen molar-refractivity contribution in [3.8, 4) is 0 Å². The van der Waals surface area contributed by atoms with Gasteiger partial charge in [-0.05, 0) is 13.8 Å². The van der Waals surface area contributed by atoms with Crippen LogP contribution >= 0.6 is 0 Å². The van der Waals surface area contributed by atoms with Gasteiger partial charge in [0.15, 0.2) is 0 Å². The average molecular weight is 166 g/mol. The van der Waals surface area contributed by atoms with E-state index in [1.807, 2.05) is 14.1 Å². The highest BCUT2D eigenvalue weighted by molar-refractivity contribution is 5.23. The second-order valence-corrected chi connectivity index (χ2v) is 2.71. The van der Waals surface area contributed by atoms with Gasteiger partial charge in [0, 0.05) is 36.3 Å². The van der Waals surface area contributed by atoms with Crippen LogP contribution in [-0.2, 0) is 0 Å². The Labute approximate surface area is 73.2 Å². The Balaban J connectivity index is 0.000000561. The second-order valence-electron chi connectivity index (χ2n) is 2.71. The van der Waals surface area contributed by atoms with Crippen molar-refractivity contribution in [3.63, 3.8) is 0 Å². The first-order chi connectivity index (χ1) is 5.55. The maximum Gasteiger partial charge on any atom is 0.105 e. The molecule has 4 heteroatoms. The molecule has 12 heavy (non-hydrogen) atoms. The molecular formula is C8H14N4. The van der Waals surface area contributed by atoms with Crippen LogP contribution in [0, 0.1) is 10.8 Å². The van der Waals surface area contributed by atoms with Gasteiger partial charge < -0.3 is 9.80 Å². The van der Waals surface area contributed by atoms with Crippen molar-refractivity contribution in [2.45, 2.75) is 13.8 Å². The van der Waals surface area contributed by atoms with E-state index in [4.69, 9.17) is 10.8 Å². The van der Waals surface area contributed by atoms with E-state index in [-0.39, 0.29) is 0 Å². The smallest absolute Gasteiger partial charge is 0.105 e. The molecule has 0 radical (unpaired) electrons. The standard InChI is InChI=1S/C8H14N2.N2/c1-6-7(2)10(5)8(3)9(6)4;1-2/h3H2,1-2,4-5H3;. The average Bonchev–Trinajstić information content (AvgIpc) is 2.27. The summed E-state index contributed by atoms with van der Waals surface area (Å²) in [4.78, 5) is 4.19. The van der Waals surface area contributed by atoms with Crippen LogP contribution in [0.5, 0.6) is 0 Å². The first-order valence-electron chi connectivity index (χ1n) is 3.59. The van der Waals surface area contributed by atoms with Crippen LogP contribution in [-0.4, -0.2) is 23.9 Å². The van der Waals surface area contributed by atoms with Crippen LogP contribution in [0.25, 0.3) is 0 Å². The Bertz CT molecular complexity index is 219. The summed E-state index contributed by atoms with van der Waals surface area (Å²) in [5, 5.41) is 12.0. The van der Waals surface area contributed by atoms with E-state index >= 15 is 0 Å². The molecule has 0 fully saturated rings. The third kappa shape index (κ3) is 1.40. The second kappa shape index (κ2) is 3.77. The summed E-state index contributed by atoms with van der Waals surface area (Å²) in [6, 6.07) is 0. The van der Waals surface area contributed by atoms with Gasteiger partial charge >= 0.3 is 0 Å². The lowest BCUT2D eigenvalue weighted by atomic mass is 10.4. The minimum atomic E-state index is 1.05. The fourth-order valence-electron chi connectivity index (χ4n) is 1.10. The molecule has 66 valence electrons. The van der Waals surface area contributed by atoms with Crippen molar-refractivity contribution in [2.24, 2.45) is 0 Å². The predicted molar refractivity (Wildman–Crippen MR) is 46.5 cm³/mol. The molecule has 0 bridgehead atoms. The van der Waals surface area contributed by atoms with Crippen molar-refractivity contribution >= 4 is 0 Å². The van der Waals surface area contributed by atoms with Gasteiger partial charge in [-0.2, -0.15) is 0 Å². The highest BCUT2D eigenvalue weighted by Crippen LogP contribution is 2.26. The molecule has 0 aromatic carbocycles. The fraction of sp³-hybridized carbons (Fsp3) is 0.500. The summed E-state index contributed by atoms with van der Waals surface area (Å²) in [6.07, 6.45) is 0. The molecule has 0 unspecified atom stereocenters. The summed E-state index contributed by atoms with van der Waals surface area (Å²) < 4.78 is 0. The van der Waals surface area contributed by atoms with Crippen molar-refractivity contribution in [1.82, 2.24) is 9.80 Å². The molecule has 0 aromatic heterocycles. The van der Waals surface area contributed by atoms with Crippen molar-refractivity contribution in [1.29, 1.82) is 10.8 Å². The van der Waals surface area contributed by atoms with E-state index in [1.165, 1.54) is 11.4 Å². The van der Waals surface area contributed by atoms with Crippen LogP contribution in [0.1, 0.15) is 13.8 Å². The number of hydrogen-bond donors (Lipinski definition) is 0.